The van der Waals surface area contributed by atoms with Crippen LogP contribution in [-0.4, -0.2) is 48.6 Å². The molecule has 3 aliphatic rings. The summed E-state index contributed by atoms with van der Waals surface area (Å²) in [6.07, 6.45) is 12.2. The molecular weight excluding hydrogens is 736 g/mol. The van der Waals surface area contributed by atoms with Crippen molar-refractivity contribution in [3.05, 3.63) is 89.4 Å². The van der Waals surface area contributed by atoms with Crippen LogP contribution in [0.3, 0.4) is 0 Å². The molecule has 2 bridgehead atoms. The van der Waals surface area contributed by atoms with Crippen LogP contribution in [-0.2, 0) is 24.2 Å². The lowest BCUT2D eigenvalue weighted by Crippen LogP contribution is -2.40. The predicted molar refractivity (Wildman–Crippen MR) is 212 cm³/mol. The number of nitrogens with zero attached hydrogens (tertiary/aromatic N) is 5. The zero-order chi connectivity index (χ0) is 35.3. The van der Waals surface area contributed by atoms with E-state index in [4.69, 9.17) is 14.8 Å². The number of aromatic nitrogens is 4. The van der Waals surface area contributed by atoms with Crippen molar-refractivity contribution in [3.8, 4) is 11.1 Å². The highest BCUT2D eigenvalue weighted by Gasteiger charge is 2.43. The van der Waals surface area contributed by atoms with Crippen LogP contribution in [0.1, 0.15) is 98.7 Å². The third kappa shape index (κ3) is 7.53. The highest BCUT2D eigenvalue weighted by Crippen LogP contribution is 2.51. The second kappa shape index (κ2) is 14.4. The molecule has 11 heteroatoms. The van der Waals surface area contributed by atoms with E-state index in [9.17, 15) is 9.59 Å². The van der Waals surface area contributed by atoms with Crippen LogP contribution in [0, 0.1) is 11.3 Å². The number of nitrogens with one attached hydrogen (secondary N) is 1. The van der Waals surface area contributed by atoms with E-state index < -0.39 is 11.6 Å². The van der Waals surface area contributed by atoms with Gasteiger partial charge in [0.15, 0.2) is 10.8 Å². The van der Waals surface area contributed by atoms with Gasteiger partial charge in [0.25, 0.3) is 5.91 Å². The number of esters is 1. The first-order valence-electron chi connectivity index (χ1n) is 17.9. The number of halogens is 1. The molecule has 2 aliphatic carbocycles. The van der Waals surface area contributed by atoms with Gasteiger partial charge in [-0.15, -0.1) is 0 Å². The standard InChI is InChI=1S/C40H43BrN6O3S.CH4/c1-39(2,3)50-37(49)35-29(27-21-42-47(22-27)24-40-16-7-8-25(19-40)18-28(41)20-40)13-14-34(44-35)46-17-15-26-9-6-10-30(31(26)23-46)36(48)45-38-43-32-11-4-5-12-33(32)51-38;/h4-6,9-14,21-22,25,28H,7-8,15-20,23-24H2,1-3H3,(H,43,45,48);1H4. The Hall–Kier alpha value is -4.09. The fourth-order valence-corrected chi connectivity index (χ4v) is 10.5. The molecule has 2 fully saturated rings. The van der Waals surface area contributed by atoms with Crippen LogP contribution in [0.4, 0.5) is 10.9 Å². The number of hydrogen-bond donors (Lipinski definition) is 1. The van der Waals surface area contributed by atoms with E-state index >= 15 is 0 Å². The molecule has 5 aromatic rings. The fourth-order valence-electron chi connectivity index (χ4n) is 8.44. The Labute approximate surface area is 318 Å². The summed E-state index contributed by atoms with van der Waals surface area (Å²) < 4.78 is 8.99. The fraction of sp³-hybridized carbons (Fsp3) is 0.439. The van der Waals surface area contributed by atoms with E-state index in [1.54, 1.807) is 0 Å². The lowest BCUT2D eigenvalue weighted by Gasteiger charge is -2.47. The average Bonchev–Trinajstić information content (AvgIpc) is 3.72. The summed E-state index contributed by atoms with van der Waals surface area (Å²) in [7, 11) is 0. The number of anilines is 2. The van der Waals surface area contributed by atoms with Crippen LogP contribution in [0.15, 0.2) is 67.0 Å². The number of carbonyl (C=O) groups excluding carboxylic acids is 2. The Bertz CT molecular complexity index is 2080. The van der Waals surface area contributed by atoms with Gasteiger partial charge < -0.3 is 9.64 Å². The van der Waals surface area contributed by atoms with E-state index in [2.05, 4.69) is 48.1 Å². The smallest absolute Gasteiger partial charge is 0.358 e. The highest BCUT2D eigenvalue weighted by atomic mass is 79.9. The first kappa shape index (κ1) is 36.3. The summed E-state index contributed by atoms with van der Waals surface area (Å²) in [5.41, 5.74) is 4.94. The molecule has 0 spiro atoms. The van der Waals surface area contributed by atoms with Crippen molar-refractivity contribution in [2.45, 2.75) is 96.7 Å². The number of rotatable bonds is 7. The van der Waals surface area contributed by atoms with Crippen molar-refractivity contribution >= 4 is 60.3 Å². The van der Waals surface area contributed by atoms with E-state index in [-0.39, 0.29) is 24.4 Å². The maximum absolute atomic E-state index is 13.8. The van der Waals surface area contributed by atoms with Gasteiger partial charge in [0, 0.05) is 47.3 Å². The van der Waals surface area contributed by atoms with Crippen LogP contribution in [0.5, 0.6) is 0 Å². The average molecular weight is 784 g/mol. The molecule has 52 heavy (non-hydrogen) atoms. The maximum atomic E-state index is 13.8. The molecule has 0 radical (unpaired) electrons. The van der Waals surface area contributed by atoms with Crippen molar-refractivity contribution in [2.24, 2.45) is 11.3 Å². The first-order valence-corrected chi connectivity index (χ1v) is 19.7. The van der Waals surface area contributed by atoms with E-state index in [1.165, 1.54) is 49.9 Å². The van der Waals surface area contributed by atoms with Crippen molar-refractivity contribution in [2.75, 3.05) is 16.8 Å². The molecule has 2 saturated carbocycles. The largest absolute Gasteiger partial charge is 0.455 e. The van der Waals surface area contributed by atoms with Crippen LogP contribution < -0.4 is 10.2 Å². The minimum atomic E-state index is -0.685. The molecule has 8 rings (SSSR count). The molecule has 3 aromatic heterocycles. The normalized spacial score (nSPS) is 21.3. The van der Waals surface area contributed by atoms with Gasteiger partial charge in [-0.2, -0.15) is 5.10 Å². The summed E-state index contributed by atoms with van der Waals surface area (Å²) in [5, 5.41) is 8.40. The van der Waals surface area contributed by atoms with Gasteiger partial charge in [0.1, 0.15) is 11.4 Å². The highest BCUT2D eigenvalue weighted by molar-refractivity contribution is 9.09. The van der Waals surface area contributed by atoms with Crippen LogP contribution >= 0.6 is 27.3 Å². The van der Waals surface area contributed by atoms with Gasteiger partial charge in [-0.1, -0.05) is 71.8 Å². The molecule has 1 N–H and O–H groups in total. The van der Waals surface area contributed by atoms with Crippen molar-refractivity contribution in [1.82, 2.24) is 19.7 Å². The Morgan fingerprint density at radius 1 is 1.08 bits per heavy atom. The number of ether oxygens (including phenoxy) is 1. The molecule has 272 valence electrons. The molecule has 0 saturated heterocycles. The number of thiazole rings is 1. The zero-order valence-corrected chi connectivity index (χ0v) is 31.7. The van der Waals surface area contributed by atoms with Gasteiger partial charge in [0.05, 0.1) is 16.4 Å². The Morgan fingerprint density at radius 3 is 2.75 bits per heavy atom. The molecule has 1 aliphatic heterocycles. The number of carbonyl (C=O) groups is 2. The molecule has 2 aromatic carbocycles. The number of para-hydroxylation sites is 1. The summed E-state index contributed by atoms with van der Waals surface area (Å²) >= 11 is 5.41. The molecule has 3 atom stereocenters. The Balaban J connectivity index is 0.00000420. The third-order valence-corrected chi connectivity index (χ3v) is 12.2. The lowest BCUT2D eigenvalue weighted by molar-refractivity contribution is 0.00637. The third-order valence-electron chi connectivity index (χ3n) is 10.6. The number of fused-ring (bicyclic) bond motifs is 4. The van der Waals surface area contributed by atoms with Crippen molar-refractivity contribution in [3.63, 3.8) is 0 Å². The summed E-state index contributed by atoms with van der Waals surface area (Å²) in [5.74, 6) is 0.791. The van der Waals surface area contributed by atoms with Gasteiger partial charge in [-0.05, 0) is 106 Å². The molecule has 1 amide bonds. The van der Waals surface area contributed by atoms with Crippen molar-refractivity contribution in [1.29, 1.82) is 0 Å². The number of hydrogen-bond acceptors (Lipinski definition) is 8. The van der Waals surface area contributed by atoms with E-state index in [1.807, 2.05) is 75.5 Å². The van der Waals surface area contributed by atoms with Gasteiger partial charge in [0.2, 0.25) is 0 Å². The first-order chi connectivity index (χ1) is 24.5. The molecular formula is C41H47BrN6O3S. The van der Waals surface area contributed by atoms with E-state index in [0.717, 1.165) is 45.8 Å². The lowest BCUT2D eigenvalue weighted by atomic mass is 9.62. The zero-order valence-electron chi connectivity index (χ0n) is 29.3. The van der Waals surface area contributed by atoms with Gasteiger partial charge >= 0.3 is 5.97 Å². The van der Waals surface area contributed by atoms with Crippen molar-refractivity contribution < 1.29 is 14.3 Å². The maximum Gasteiger partial charge on any atom is 0.358 e. The second-order valence-electron chi connectivity index (χ2n) is 15.5. The predicted octanol–water partition coefficient (Wildman–Crippen LogP) is 9.70. The van der Waals surface area contributed by atoms with E-state index in [0.29, 0.717) is 40.0 Å². The number of amides is 1. The second-order valence-corrected chi connectivity index (χ2v) is 17.9. The summed E-state index contributed by atoms with van der Waals surface area (Å²) in [4.78, 5) is 39.7. The Morgan fingerprint density at radius 2 is 1.92 bits per heavy atom. The monoisotopic (exact) mass is 782 g/mol. The number of pyridine rings is 1. The number of benzene rings is 2. The molecule has 4 heterocycles. The van der Waals surface area contributed by atoms with Crippen LogP contribution in [0.2, 0.25) is 0 Å². The van der Waals surface area contributed by atoms with Crippen LogP contribution in [0.25, 0.3) is 21.3 Å². The molecule has 9 nitrogen and oxygen atoms in total. The topological polar surface area (TPSA) is 102 Å². The number of alkyl halides is 1. The minimum absolute atomic E-state index is 0. The summed E-state index contributed by atoms with van der Waals surface area (Å²) in [6, 6.07) is 17.7. The Kier molecular flexibility index (Phi) is 10.0. The minimum Gasteiger partial charge on any atom is -0.455 e. The molecule has 3 unspecified atom stereocenters. The van der Waals surface area contributed by atoms with Gasteiger partial charge in [-0.3, -0.25) is 14.8 Å². The summed E-state index contributed by atoms with van der Waals surface area (Å²) in [6.45, 7) is 7.66. The SMILES string of the molecule is C.CC(C)(C)OC(=O)c1nc(N2CCc3cccc(C(=O)Nc4nc5ccccc5s4)c3C2)ccc1-c1cnn(CC23CCCC(CC(Br)C2)C3)c1. The quantitative estimate of drug-likeness (QED) is 0.130. The van der Waals surface area contributed by atoms with Gasteiger partial charge in [-0.25, -0.2) is 14.8 Å².